The Morgan fingerprint density at radius 1 is 1.20 bits per heavy atom. The molecule has 132 valence electrons. The van der Waals surface area contributed by atoms with Crippen molar-refractivity contribution in [2.24, 2.45) is 0 Å². The fourth-order valence-corrected chi connectivity index (χ4v) is 4.71. The van der Waals surface area contributed by atoms with Crippen molar-refractivity contribution in [3.05, 3.63) is 64.1 Å². The van der Waals surface area contributed by atoms with E-state index in [-0.39, 0.29) is 16.5 Å². The summed E-state index contributed by atoms with van der Waals surface area (Å²) in [6, 6.07) is 13.9. The summed E-state index contributed by atoms with van der Waals surface area (Å²) in [5, 5.41) is 0. The van der Waals surface area contributed by atoms with Crippen LogP contribution in [0.25, 0.3) is 0 Å². The number of methoxy groups -OCH3 is 1. The second-order valence-corrected chi connectivity index (χ2v) is 8.65. The maximum Gasteiger partial charge on any atom is 0.339 e. The van der Waals surface area contributed by atoms with E-state index in [9.17, 15) is 13.2 Å². The van der Waals surface area contributed by atoms with Crippen LogP contribution >= 0.6 is 15.9 Å². The molecule has 1 aliphatic rings. The van der Waals surface area contributed by atoms with Crippen LogP contribution in [-0.2, 0) is 21.3 Å². The van der Waals surface area contributed by atoms with Crippen molar-refractivity contribution in [2.75, 3.05) is 7.11 Å². The third kappa shape index (κ3) is 3.94. The minimum atomic E-state index is -3.71. The van der Waals surface area contributed by atoms with E-state index in [4.69, 9.17) is 4.74 Å². The number of hydrogen-bond donors (Lipinski definition) is 0. The molecule has 0 aliphatic heterocycles. The lowest BCUT2D eigenvalue weighted by Crippen LogP contribution is -2.32. The molecule has 0 aromatic heterocycles. The predicted molar refractivity (Wildman–Crippen MR) is 97.7 cm³/mol. The molecule has 1 aliphatic carbocycles. The Morgan fingerprint density at radius 2 is 1.88 bits per heavy atom. The van der Waals surface area contributed by atoms with Crippen molar-refractivity contribution >= 4 is 31.9 Å². The average molecular weight is 424 g/mol. The second kappa shape index (κ2) is 7.27. The molecule has 0 unspecified atom stereocenters. The highest BCUT2D eigenvalue weighted by atomic mass is 79.9. The number of rotatable bonds is 6. The molecule has 2 aromatic carbocycles. The number of ether oxygens (including phenoxy) is 1. The molecule has 5 nitrogen and oxygen atoms in total. The van der Waals surface area contributed by atoms with Gasteiger partial charge in [-0.05, 0) is 52.5 Å². The molecule has 0 spiro atoms. The third-order valence-corrected chi connectivity index (χ3v) is 6.67. The van der Waals surface area contributed by atoms with E-state index in [1.54, 1.807) is 6.07 Å². The number of carbonyl (C=O) groups is 1. The molecule has 1 saturated carbocycles. The lowest BCUT2D eigenvalue weighted by molar-refractivity contribution is 0.0599. The molecule has 25 heavy (non-hydrogen) atoms. The number of hydrogen-bond acceptors (Lipinski definition) is 4. The topological polar surface area (TPSA) is 63.7 Å². The maximum absolute atomic E-state index is 13.2. The van der Waals surface area contributed by atoms with Gasteiger partial charge in [-0.2, -0.15) is 4.31 Å². The highest BCUT2D eigenvalue weighted by molar-refractivity contribution is 9.10. The molecule has 1 fully saturated rings. The Labute approximate surface area is 155 Å². The molecule has 0 saturated heterocycles. The van der Waals surface area contributed by atoms with E-state index in [2.05, 4.69) is 15.9 Å². The van der Waals surface area contributed by atoms with Gasteiger partial charge >= 0.3 is 5.97 Å². The van der Waals surface area contributed by atoms with Crippen LogP contribution in [0, 0.1) is 0 Å². The van der Waals surface area contributed by atoms with Crippen LogP contribution in [0.5, 0.6) is 0 Å². The van der Waals surface area contributed by atoms with Gasteiger partial charge in [-0.3, -0.25) is 0 Å². The molecule has 0 heterocycles. The standard InChI is InChI=1S/C18H18BrNO4S/c1-24-18(21)16-11-15(9-10-17(16)19)25(22,23)20(14-7-8-14)12-13-5-3-2-4-6-13/h2-6,9-11,14H,7-8,12H2,1H3. The number of carbonyl (C=O) groups excluding carboxylic acids is 1. The highest BCUT2D eigenvalue weighted by Gasteiger charge is 2.38. The van der Waals surface area contributed by atoms with Crippen molar-refractivity contribution in [1.82, 2.24) is 4.31 Å². The van der Waals surface area contributed by atoms with Crippen LogP contribution in [0.2, 0.25) is 0 Å². The van der Waals surface area contributed by atoms with E-state index in [1.165, 1.54) is 23.5 Å². The summed E-state index contributed by atoms with van der Waals surface area (Å²) in [5.41, 5.74) is 1.13. The smallest absolute Gasteiger partial charge is 0.339 e. The summed E-state index contributed by atoms with van der Waals surface area (Å²) in [5.74, 6) is -0.579. The van der Waals surface area contributed by atoms with Gasteiger partial charge in [-0.25, -0.2) is 13.2 Å². The summed E-state index contributed by atoms with van der Waals surface area (Å²) >= 11 is 3.26. The molecule has 0 radical (unpaired) electrons. The Bertz CT molecular complexity index is 879. The Balaban J connectivity index is 1.97. The Morgan fingerprint density at radius 3 is 2.48 bits per heavy atom. The third-order valence-electron chi connectivity index (χ3n) is 4.09. The Hall–Kier alpha value is -1.70. The maximum atomic E-state index is 13.2. The first kappa shape index (κ1) is 18.1. The van der Waals surface area contributed by atoms with Crippen molar-refractivity contribution < 1.29 is 17.9 Å². The van der Waals surface area contributed by atoms with Gasteiger partial charge in [0.05, 0.1) is 17.6 Å². The molecule has 0 amide bonds. The first-order valence-electron chi connectivity index (χ1n) is 7.87. The van der Waals surface area contributed by atoms with Crippen LogP contribution in [0.4, 0.5) is 0 Å². The number of nitrogens with zero attached hydrogens (tertiary/aromatic N) is 1. The highest BCUT2D eigenvalue weighted by Crippen LogP contribution is 2.34. The normalized spacial score (nSPS) is 14.5. The van der Waals surface area contributed by atoms with Crippen LogP contribution in [0.1, 0.15) is 28.8 Å². The summed E-state index contributed by atoms with van der Waals surface area (Å²) < 4.78 is 33.0. The van der Waals surface area contributed by atoms with Crippen LogP contribution in [0.3, 0.4) is 0 Å². The van der Waals surface area contributed by atoms with E-state index in [1.807, 2.05) is 30.3 Å². The molecule has 3 rings (SSSR count). The van der Waals surface area contributed by atoms with E-state index in [0.717, 1.165) is 18.4 Å². The van der Waals surface area contributed by atoms with E-state index in [0.29, 0.717) is 11.0 Å². The molecular weight excluding hydrogens is 406 g/mol. The van der Waals surface area contributed by atoms with E-state index >= 15 is 0 Å². The van der Waals surface area contributed by atoms with Crippen molar-refractivity contribution in [3.8, 4) is 0 Å². The number of sulfonamides is 1. The zero-order valence-corrected chi connectivity index (χ0v) is 16.1. The molecule has 0 atom stereocenters. The zero-order chi connectivity index (χ0) is 18.0. The Kier molecular flexibility index (Phi) is 5.27. The number of benzene rings is 2. The van der Waals surface area contributed by atoms with Gasteiger partial charge in [0.25, 0.3) is 0 Å². The summed E-state index contributed by atoms with van der Waals surface area (Å²) in [4.78, 5) is 12.0. The van der Waals surface area contributed by atoms with Crippen molar-refractivity contribution in [1.29, 1.82) is 0 Å². The average Bonchev–Trinajstić information content (AvgIpc) is 3.45. The predicted octanol–water partition coefficient (Wildman–Crippen LogP) is 3.59. The molecule has 0 bridgehead atoms. The first-order valence-corrected chi connectivity index (χ1v) is 10.1. The zero-order valence-electron chi connectivity index (χ0n) is 13.7. The van der Waals surface area contributed by atoms with E-state index < -0.39 is 16.0 Å². The van der Waals surface area contributed by atoms with Gasteiger partial charge in [-0.1, -0.05) is 30.3 Å². The van der Waals surface area contributed by atoms with Crippen molar-refractivity contribution in [2.45, 2.75) is 30.3 Å². The SMILES string of the molecule is COC(=O)c1cc(S(=O)(=O)N(Cc2ccccc2)C2CC2)ccc1Br. The van der Waals surface area contributed by atoms with Crippen LogP contribution in [0.15, 0.2) is 57.9 Å². The monoisotopic (exact) mass is 423 g/mol. The van der Waals surface area contributed by atoms with Crippen LogP contribution < -0.4 is 0 Å². The van der Waals surface area contributed by atoms with Gasteiger partial charge < -0.3 is 4.74 Å². The number of halogens is 1. The number of esters is 1. The van der Waals surface area contributed by atoms with Crippen molar-refractivity contribution in [3.63, 3.8) is 0 Å². The fraction of sp³-hybridized carbons (Fsp3) is 0.278. The van der Waals surface area contributed by atoms with Gasteiger partial charge in [0.1, 0.15) is 0 Å². The molecule has 0 N–H and O–H groups in total. The summed E-state index contributed by atoms with van der Waals surface area (Å²) in [7, 11) is -2.45. The van der Waals surface area contributed by atoms with Gasteiger partial charge in [-0.15, -0.1) is 0 Å². The molecule has 2 aromatic rings. The largest absolute Gasteiger partial charge is 0.465 e. The summed E-state index contributed by atoms with van der Waals surface area (Å²) in [6.07, 6.45) is 1.71. The summed E-state index contributed by atoms with van der Waals surface area (Å²) in [6.45, 7) is 0.317. The minimum absolute atomic E-state index is 0.00966. The minimum Gasteiger partial charge on any atom is -0.465 e. The molecule has 7 heteroatoms. The molecular formula is C18H18BrNO4S. The quantitative estimate of drug-likeness (QED) is 0.665. The second-order valence-electron chi connectivity index (χ2n) is 5.90. The lowest BCUT2D eigenvalue weighted by Gasteiger charge is -2.22. The van der Waals surface area contributed by atoms with Crippen LogP contribution in [-0.4, -0.2) is 31.8 Å². The fourth-order valence-electron chi connectivity index (χ4n) is 2.60. The van der Waals surface area contributed by atoms with Gasteiger partial charge in [0, 0.05) is 17.1 Å². The van der Waals surface area contributed by atoms with Gasteiger partial charge in [0.2, 0.25) is 10.0 Å². The van der Waals surface area contributed by atoms with Gasteiger partial charge in [0.15, 0.2) is 0 Å². The first-order chi connectivity index (χ1) is 11.9. The lowest BCUT2D eigenvalue weighted by atomic mass is 10.2.